The minimum Gasteiger partial charge on any atom is -0.495 e. The Morgan fingerprint density at radius 2 is 1.80 bits per heavy atom. The first-order chi connectivity index (χ1) is 19.4. The largest absolute Gasteiger partial charge is 0.495 e. The van der Waals surface area contributed by atoms with Gasteiger partial charge >= 0.3 is 0 Å². The molecule has 5 rings (SSSR count). The standard InChI is InChI=1S/C28H31Cl2N5O5/c1-4-18(36)9-15-5-7-40-14-20(15)34-28-31-12-16-10-19(23-24(29)21(37-2)11-22(38-3)25(23)30)33-27(26(16)35-28)32-17-6-8-39-13-17/h4,10-12,15,17,20H,1,5-9,13-14H2,2-3H3,(H,32,33)(H,31,34,35)/t15-,17?,20-/m1/s1. The van der Waals surface area contributed by atoms with Gasteiger partial charge in [-0.1, -0.05) is 29.8 Å². The molecule has 1 unspecified atom stereocenters. The zero-order valence-corrected chi connectivity index (χ0v) is 23.8. The van der Waals surface area contributed by atoms with E-state index in [4.69, 9.17) is 52.1 Å². The number of hydrogen-bond donors (Lipinski definition) is 2. The molecule has 3 atom stereocenters. The van der Waals surface area contributed by atoms with E-state index in [1.54, 1.807) is 12.3 Å². The molecular weight excluding hydrogens is 557 g/mol. The predicted octanol–water partition coefficient (Wildman–Crippen LogP) is 5.18. The number of rotatable bonds is 10. The number of methoxy groups -OCH3 is 2. The van der Waals surface area contributed by atoms with Crippen molar-refractivity contribution < 1.29 is 23.7 Å². The molecule has 2 aliphatic heterocycles. The summed E-state index contributed by atoms with van der Waals surface area (Å²) in [5.41, 5.74) is 1.60. The van der Waals surface area contributed by atoms with Crippen molar-refractivity contribution in [3.63, 3.8) is 0 Å². The van der Waals surface area contributed by atoms with Crippen molar-refractivity contribution in [3.8, 4) is 22.8 Å². The molecule has 3 aromatic rings. The number of allylic oxidation sites excluding steroid dienone is 1. The number of nitrogens with zero attached hydrogens (tertiary/aromatic N) is 3. The molecule has 40 heavy (non-hydrogen) atoms. The van der Waals surface area contributed by atoms with Crippen LogP contribution < -0.4 is 20.1 Å². The lowest BCUT2D eigenvalue weighted by atomic mass is 9.90. The van der Waals surface area contributed by atoms with E-state index in [2.05, 4.69) is 22.2 Å². The van der Waals surface area contributed by atoms with Gasteiger partial charge in [-0.2, -0.15) is 0 Å². The van der Waals surface area contributed by atoms with E-state index in [0.29, 0.717) is 82.9 Å². The fourth-order valence-electron chi connectivity index (χ4n) is 4.98. The highest BCUT2D eigenvalue weighted by molar-refractivity contribution is 6.41. The van der Waals surface area contributed by atoms with Crippen molar-refractivity contribution in [3.05, 3.63) is 41.0 Å². The van der Waals surface area contributed by atoms with Crippen LogP contribution in [0.3, 0.4) is 0 Å². The highest BCUT2D eigenvalue weighted by Gasteiger charge is 2.28. The molecule has 0 spiro atoms. The van der Waals surface area contributed by atoms with Crippen molar-refractivity contribution in [1.29, 1.82) is 0 Å². The Bertz CT molecular complexity index is 1390. The van der Waals surface area contributed by atoms with Gasteiger partial charge in [-0.05, 0) is 30.9 Å². The minimum atomic E-state index is -0.121. The van der Waals surface area contributed by atoms with Crippen molar-refractivity contribution in [1.82, 2.24) is 15.0 Å². The maximum Gasteiger partial charge on any atom is 0.223 e. The van der Waals surface area contributed by atoms with E-state index in [0.717, 1.165) is 18.2 Å². The van der Waals surface area contributed by atoms with Crippen molar-refractivity contribution in [2.24, 2.45) is 5.92 Å². The van der Waals surface area contributed by atoms with Crippen LogP contribution in [0.4, 0.5) is 11.8 Å². The van der Waals surface area contributed by atoms with Gasteiger partial charge in [-0.3, -0.25) is 4.79 Å². The second-order valence-electron chi connectivity index (χ2n) is 9.73. The summed E-state index contributed by atoms with van der Waals surface area (Å²) < 4.78 is 22.2. The second kappa shape index (κ2) is 12.6. The number of hydrogen-bond acceptors (Lipinski definition) is 10. The van der Waals surface area contributed by atoms with Gasteiger partial charge in [0.05, 0.1) is 55.3 Å². The molecule has 2 aliphatic rings. The Hall–Kier alpha value is -3.18. The van der Waals surface area contributed by atoms with Gasteiger partial charge in [0.25, 0.3) is 0 Å². The van der Waals surface area contributed by atoms with Crippen molar-refractivity contribution >= 4 is 51.7 Å². The van der Waals surface area contributed by atoms with E-state index >= 15 is 0 Å². The molecule has 2 saturated heterocycles. The van der Waals surface area contributed by atoms with Gasteiger partial charge in [0.2, 0.25) is 5.95 Å². The lowest BCUT2D eigenvalue weighted by Gasteiger charge is -2.31. The molecule has 1 aromatic carbocycles. The summed E-state index contributed by atoms with van der Waals surface area (Å²) in [7, 11) is 3.05. The average Bonchev–Trinajstić information content (AvgIpc) is 3.47. The Morgan fingerprint density at radius 3 is 2.48 bits per heavy atom. The Morgan fingerprint density at radius 1 is 1.07 bits per heavy atom. The maximum absolute atomic E-state index is 12.1. The number of nitrogens with one attached hydrogen (secondary N) is 2. The second-order valence-corrected chi connectivity index (χ2v) is 10.5. The van der Waals surface area contributed by atoms with Crippen LogP contribution in [0.2, 0.25) is 10.0 Å². The lowest BCUT2D eigenvalue weighted by molar-refractivity contribution is -0.116. The Balaban J connectivity index is 1.56. The van der Waals surface area contributed by atoms with Gasteiger partial charge < -0.3 is 29.6 Å². The van der Waals surface area contributed by atoms with E-state index in [1.807, 2.05) is 6.07 Å². The first kappa shape index (κ1) is 28.4. The average molecular weight is 588 g/mol. The van der Waals surface area contributed by atoms with E-state index < -0.39 is 0 Å². The van der Waals surface area contributed by atoms with Crippen LogP contribution in [0, 0.1) is 5.92 Å². The quantitative estimate of drug-likeness (QED) is 0.307. The molecule has 0 radical (unpaired) electrons. The zero-order chi connectivity index (χ0) is 28.2. The van der Waals surface area contributed by atoms with Gasteiger partial charge in [-0.25, -0.2) is 15.0 Å². The number of carbonyl (C=O) groups is 1. The zero-order valence-electron chi connectivity index (χ0n) is 22.3. The molecule has 0 aliphatic carbocycles. The number of anilines is 2. The third kappa shape index (κ3) is 5.95. The highest BCUT2D eigenvalue weighted by Crippen LogP contribution is 2.46. The lowest BCUT2D eigenvalue weighted by Crippen LogP contribution is -2.40. The van der Waals surface area contributed by atoms with Crippen LogP contribution in [0.15, 0.2) is 31.0 Å². The Labute approximate surface area is 242 Å². The number of carbonyl (C=O) groups excluding carboxylic acids is 1. The summed E-state index contributed by atoms with van der Waals surface area (Å²) in [5.74, 6) is 1.87. The monoisotopic (exact) mass is 587 g/mol. The SMILES string of the molecule is C=CC(=O)C[C@H]1CCOC[C@H]1Nc1ncc2cc(-c3c(Cl)c(OC)cc(OC)c3Cl)nc(NC3CCOC3)c2n1. The van der Waals surface area contributed by atoms with Crippen LogP contribution >= 0.6 is 23.2 Å². The van der Waals surface area contributed by atoms with Crippen LogP contribution in [-0.2, 0) is 14.3 Å². The summed E-state index contributed by atoms with van der Waals surface area (Å²) in [5, 5.41) is 8.21. The van der Waals surface area contributed by atoms with Gasteiger partial charge in [0.1, 0.15) is 17.0 Å². The van der Waals surface area contributed by atoms with E-state index in [1.165, 1.54) is 20.3 Å². The molecule has 2 N–H and O–H groups in total. The molecule has 212 valence electrons. The highest BCUT2D eigenvalue weighted by atomic mass is 35.5. The molecule has 0 bridgehead atoms. The topological polar surface area (TPSA) is 117 Å². The van der Waals surface area contributed by atoms with Gasteiger partial charge in [-0.15, -0.1) is 0 Å². The summed E-state index contributed by atoms with van der Waals surface area (Å²) >= 11 is 13.4. The van der Waals surface area contributed by atoms with Crippen LogP contribution in [0.1, 0.15) is 19.3 Å². The number of benzene rings is 1. The fraction of sp³-hybridized carbons (Fsp3) is 0.429. The molecule has 2 aromatic heterocycles. The summed E-state index contributed by atoms with van der Waals surface area (Å²) in [6.07, 6.45) is 5.07. The number of ketones is 1. The normalized spacial score (nSPS) is 20.8. The Kier molecular flexibility index (Phi) is 8.90. The molecule has 0 saturated carbocycles. The van der Waals surface area contributed by atoms with Crippen LogP contribution in [0.25, 0.3) is 22.2 Å². The van der Waals surface area contributed by atoms with Gasteiger partial charge in [0.15, 0.2) is 11.6 Å². The van der Waals surface area contributed by atoms with Crippen LogP contribution in [-0.4, -0.2) is 73.5 Å². The number of ether oxygens (including phenoxy) is 4. The predicted molar refractivity (Wildman–Crippen MR) is 155 cm³/mol. The third-order valence-corrected chi connectivity index (χ3v) is 7.92. The number of fused-ring (bicyclic) bond motifs is 1. The molecule has 4 heterocycles. The molecule has 2 fully saturated rings. The van der Waals surface area contributed by atoms with E-state index in [-0.39, 0.29) is 23.8 Å². The van der Waals surface area contributed by atoms with Crippen LogP contribution in [0.5, 0.6) is 11.5 Å². The summed E-state index contributed by atoms with van der Waals surface area (Å²) in [4.78, 5) is 26.4. The summed E-state index contributed by atoms with van der Waals surface area (Å²) in [6, 6.07) is 3.40. The smallest absolute Gasteiger partial charge is 0.223 e. The number of pyridine rings is 1. The van der Waals surface area contributed by atoms with Gasteiger partial charge in [0, 0.05) is 42.8 Å². The van der Waals surface area contributed by atoms with Crippen molar-refractivity contribution in [2.75, 3.05) is 51.3 Å². The van der Waals surface area contributed by atoms with E-state index in [9.17, 15) is 4.79 Å². The fourth-order valence-corrected chi connectivity index (χ4v) is 5.68. The third-order valence-electron chi connectivity index (χ3n) is 7.17. The number of aromatic nitrogens is 3. The minimum absolute atomic E-state index is 0.00613. The first-order valence-electron chi connectivity index (χ1n) is 13.0. The molecular formula is C28H31Cl2N5O5. The molecule has 0 amide bonds. The molecule has 12 heteroatoms. The maximum atomic E-state index is 12.1. The molecule has 10 nitrogen and oxygen atoms in total. The number of halogens is 2. The summed E-state index contributed by atoms with van der Waals surface area (Å²) in [6.45, 7) is 5.87. The first-order valence-corrected chi connectivity index (χ1v) is 13.8. The van der Waals surface area contributed by atoms with Crippen molar-refractivity contribution in [2.45, 2.75) is 31.3 Å².